The highest BCUT2D eigenvalue weighted by atomic mass is 16.5. The Morgan fingerprint density at radius 3 is 2.18 bits per heavy atom. The molecule has 0 unspecified atom stereocenters. The molecule has 0 spiro atoms. The lowest BCUT2D eigenvalue weighted by Gasteiger charge is -2.55. The highest BCUT2D eigenvalue weighted by Crippen LogP contribution is 2.52. The fraction of sp³-hybridized carbons (Fsp3) is 0.583. The topological polar surface area (TPSA) is 68.9 Å². The molecule has 3 heterocycles. The molecule has 0 atom stereocenters. The van der Waals surface area contributed by atoms with Crippen LogP contribution in [-0.2, 0) is 19.7 Å². The number of aliphatic carboxylic acids is 1. The van der Waals surface area contributed by atoms with Gasteiger partial charge >= 0.3 is 5.97 Å². The molecule has 17 heavy (non-hydrogen) atoms. The maximum Gasteiger partial charge on any atom is 0.315 e. The van der Waals surface area contributed by atoms with E-state index in [0.717, 1.165) is 5.76 Å². The van der Waals surface area contributed by atoms with E-state index < -0.39 is 16.8 Å². The molecule has 3 rings (SSSR count). The van der Waals surface area contributed by atoms with E-state index >= 15 is 0 Å². The first-order chi connectivity index (χ1) is 8.11. The van der Waals surface area contributed by atoms with Crippen LogP contribution in [0.2, 0.25) is 0 Å². The Morgan fingerprint density at radius 2 is 1.88 bits per heavy atom. The average molecular weight is 238 g/mol. The lowest BCUT2D eigenvalue weighted by atomic mass is 9.59. The van der Waals surface area contributed by atoms with Crippen molar-refractivity contribution >= 4 is 5.97 Å². The van der Waals surface area contributed by atoms with Crippen LogP contribution in [0.1, 0.15) is 11.5 Å². The minimum atomic E-state index is -0.893. The summed E-state index contributed by atoms with van der Waals surface area (Å²) in [6.45, 7) is 3.07. The number of carboxylic acids is 1. The molecule has 2 aliphatic heterocycles. The third-order valence-corrected chi connectivity index (χ3v) is 3.93. The number of rotatable bonds is 3. The van der Waals surface area contributed by atoms with Gasteiger partial charge in [-0.25, -0.2) is 0 Å². The van der Waals surface area contributed by atoms with E-state index in [1.165, 1.54) is 0 Å². The van der Waals surface area contributed by atoms with Crippen molar-refractivity contribution in [1.29, 1.82) is 0 Å². The summed E-state index contributed by atoms with van der Waals surface area (Å²) in [4.78, 5) is 11.5. The van der Waals surface area contributed by atoms with Gasteiger partial charge in [0.15, 0.2) is 0 Å². The molecule has 5 nitrogen and oxygen atoms in total. The Kier molecular flexibility index (Phi) is 2.12. The predicted octanol–water partition coefficient (Wildman–Crippen LogP) is 0.957. The first-order valence-corrected chi connectivity index (χ1v) is 5.57. The van der Waals surface area contributed by atoms with Crippen molar-refractivity contribution in [2.75, 3.05) is 26.4 Å². The number of carboxylic acid groups (broad SMARTS) is 1. The molecule has 1 aromatic rings. The van der Waals surface area contributed by atoms with Crippen LogP contribution in [0.15, 0.2) is 16.5 Å². The SMILES string of the molecule is Cc1ccc(C2(C3(C(=O)O)COC3)COC2)o1. The number of carbonyl (C=O) groups is 1. The number of aryl methyl sites for hydroxylation is 1. The minimum Gasteiger partial charge on any atom is -0.481 e. The van der Waals surface area contributed by atoms with Crippen LogP contribution in [-0.4, -0.2) is 37.5 Å². The highest BCUT2D eigenvalue weighted by molar-refractivity contribution is 5.79. The second-order valence-corrected chi connectivity index (χ2v) is 4.87. The van der Waals surface area contributed by atoms with Gasteiger partial charge in [0.1, 0.15) is 16.9 Å². The predicted molar refractivity (Wildman–Crippen MR) is 56.8 cm³/mol. The minimum absolute atomic E-state index is 0.228. The molecular formula is C12H14O5. The van der Waals surface area contributed by atoms with Gasteiger partial charge < -0.3 is 19.0 Å². The Labute approximate surface area is 98.3 Å². The van der Waals surface area contributed by atoms with Crippen molar-refractivity contribution in [2.45, 2.75) is 12.3 Å². The fourth-order valence-corrected chi connectivity index (χ4v) is 2.56. The van der Waals surface area contributed by atoms with Crippen molar-refractivity contribution in [3.8, 4) is 0 Å². The molecule has 2 aliphatic rings. The standard InChI is InChI=1S/C12H14O5/c1-8-2-3-9(17-8)11(4-15-5-11)12(10(13)14)6-16-7-12/h2-3H,4-7H2,1H3,(H,13,14). The van der Waals surface area contributed by atoms with E-state index in [0.29, 0.717) is 19.0 Å². The fourth-order valence-electron chi connectivity index (χ4n) is 2.56. The molecule has 5 heteroatoms. The van der Waals surface area contributed by atoms with Gasteiger partial charge in [0.2, 0.25) is 0 Å². The largest absolute Gasteiger partial charge is 0.481 e. The summed E-state index contributed by atoms with van der Waals surface area (Å²) in [6, 6.07) is 3.70. The summed E-state index contributed by atoms with van der Waals surface area (Å²) in [6.07, 6.45) is 0. The Bertz CT molecular complexity index is 453. The lowest BCUT2D eigenvalue weighted by Crippen LogP contribution is -2.69. The van der Waals surface area contributed by atoms with Gasteiger partial charge in [-0.1, -0.05) is 0 Å². The molecule has 92 valence electrons. The van der Waals surface area contributed by atoms with Crippen LogP contribution in [0.25, 0.3) is 0 Å². The smallest absolute Gasteiger partial charge is 0.315 e. The molecule has 0 bridgehead atoms. The summed E-state index contributed by atoms with van der Waals surface area (Å²) < 4.78 is 16.0. The van der Waals surface area contributed by atoms with E-state index in [4.69, 9.17) is 13.9 Å². The van der Waals surface area contributed by atoms with Gasteiger partial charge in [-0.2, -0.15) is 0 Å². The van der Waals surface area contributed by atoms with Gasteiger partial charge in [-0.3, -0.25) is 4.79 Å². The van der Waals surface area contributed by atoms with Crippen LogP contribution in [0.5, 0.6) is 0 Å². The van der Waals surface area contributed by atoms with E-state index in [9.17, 15) is 9.90 Å². The van der Waals surface area contributed by atoms with Crippen LogP contribution in [0.4, 0.5) is 0 Å². The van der Waals surface area contributed by atoms with Gasteiger partial charge in [0, 0.05) is 0 Å². The zero-order valence-electron chi connectivity index (χ0n) is 9.56. The summed E-state index contributed by atoms with van der Waals surface area (Å²) >= 11 is 0. The van der Waals surface area contributed by atoms with E-state index in [1.807, 2.05) is 19.1 Å². The van der Waals surface area contributed by atoms with Crippen molar-refractivity contribution < 1.29 is 23.8 Å². The van der Waals surface area contributed by atoms with Crippen LogP contribution in [0.3, 0.4) is 0 Å². The van der Waals surface area contributed by atoms with Crippen molar-refractivity contribution in [3.05, 3.63) is 23.7 Å². The lowest BCUT2D eigenvalue weighted by molar-refractivity contribution is -0.240. The molecule has 0 saturated carbocycles. The molecule has 1 aromatic heterocycles. The first kappa shape index (κ1) is 10.8. The molecule has 0 aliphatic carbocycles. The monoisotopic (exact) mass is 238 g/mol. The molecule has 1 N–H and O–H groups in total. The average Bonchev–Trinajstić information content (AvgIpc) is 2.54. The van der Waals surface area contributed by atoms with Crippen LogP contribution < -0.4 is 0 Å². The zero-order valence-corrected chi connectivity index (χ0v) is 9.56. The molecule has 0 radical (unpaired) electrons. The van der Waals surface area contributed by atoms with Crippen molar-refractivity contribution in [1.82, 2.24) is 0 Å². The summed E-state index contributed by atoms with van der Waals surface area (Å²) in [5.74, 6) is 0.653. The summed E-state index contributed by atoms with van der Waals surface area (Å²) in [5, 5.41) is 9.48. The first-order valence-electron chi connectivity index (χ1n) is 5.57. The van der Waals surface area contributed by atoms with E-state index in [-0.39, 0.29) is 13.2 Å². The summed E-state index contributed by atoms with van der Waals surface area (Å²) in [7, 11) is 0. The number of hydrogen-bond acceptors (Lipinski definition) is 4. The van der Waals surface area contributed by atoms with E-state index in [2.05, 4.69) is 0 Å². The molecular weight excluding hydrogens is 224 g/mol. The second kappa shape index (κ2) is 3.34. The van der Waals surface area contributed by atoms with Gasteiger partial charge in [0.25, 0.3) is 0 Å². The van der Waals surface area contributed by atoms with Crippen molar-refractivity contribution in [2.24, 2.45) is 5.41 Å². The zero-order chi connectivity index (χ0) is 12.1. The van der Waals surface area contributed by atoms with Gasteiger partial charge in [-0.15, -0.1) is 0 Å². The number of furan rings is 1. The maximum absolute atomic E-state index is 11.5. The molecule has 2 fully saturated rings. The van der Waals surface area contributed by atoms with E-state index in [1.54, 1.807) is 0 Å². The maximum atomic E-state index is 11.5. The highest BCUT2D eigenvalue weighted by Gasteiger charge is 2.67. The quantitative estimate of drug-likeness (QED) is 0.849. The Hall–Kier alpha value is -1.33. The molecule has 2 saturated heterocycles. The molecule has 0 amide bonds. The van der Waals surface area contributed by atoms with Gasteiger partial charge in [0.05, 0.1) is 31.8 Å². The van der Waals surface area contributed by atoms with Crippen LogP contribution >= 0.6 is 0 Å². The number of hydrogen-bond donors (Lipinski definition) is 1. The van der Waals surface area contributed by atoms with Crippen LogP contribution in [0, 0.1) is 12.3 Å². The number of ether oxygens (including phenoxy) is 2. The molecule has 0 aromatic carbocycles. The summed E-state index contributed by atoms with van der Waals surface area (Å²) in [5.41, 5.74) is -1.46. The second-order valence-electron chi connectivity index (χ2n) is 4.87. The van der Waals surface area contributed by atoms with Crippen molar-refractivity contribution in [3.63, 3.8) is 0 Å². The third-order valence-electron chi connectivity index (χ3n) is 3.93. The normalized spacial score (nSPS) is 24.8. The third kappa shape index (κ3) is 1.18. The van der Waals surface area contributed by atoms with Gasteiger partial charge in [-0.05, 0) is 19.1 Å². The Morgan fingerprint density at radius 1 is 1.24 bits per heavy atom. The Balaban J connectivity index is 2.05.